The highest BCUT2D eigenvalue weighted by Gasteiger charge is 2.16. The largest absolute Gasteiger partial charge is 0.480 e. The van der Waals surface area contributed by atoms with Crippen molar-refractivity contribution in [1.82, 2.24) is 10.6 Å². The van der Waals surface area contributed by atoms with Crippen LogP contribution in [0.5, 0.6) is 5.75 Å². The van der Waals surface area contributed by atoms with Crippen LogP contribution < -0.4 is 15.4 Å². The molecule has 0 bridgehead atoms. The Bertz CT molecular complexity index is 509. The van der Waals surface area contributed by atoms with E-state index in [2.05, 4.69) is 35.6 Å². The summed E-state index contributed by atoms with van der Waals surface area (Å²) in [4.78, 5) is 11.8. The van der Waals surface area contributed by atoms with E-state index in [9.17, 15) is 4.79 Å². The molecular formula is C17H24N2O2. The minimum Gasteiger partial charge on any atom is -0.480 e. The normalized spacial score (nSPS) is 11.6. The topological polar surface area (TPSA) is 50.4 Å². The van der Waals surface area contributed by atoms with Gasteiger partial charge in [-0.2, -0.15) is 0 Å². The lowest BCUT2D eigenvalue weighted by molar-refractivity contribution is -0.127. The maximum atomic E-state index is 11.8. The van der Waals surface area contributed by atoms with Crippen molar-refractivity contribution in [3.05, 3.63) is 28.8 Å². The number of carbonyl (C=O) groups is 1. The summed E-state index contributed by atoms with van der Waals surface area (Å²) in [6.07, 6.45) is 4.55. The van der Waals surface area contributed by atoms with E-state index in [4.69, 9.17) is 11.2 Å². The molecule has 114 valence electrons. The number of nitrogens with one attached hydrogen (secondary N) is 2. The molecule has 1 aromatic carbocycles. The zero-order valence-electron chi connectivity index (χ0n) is 13.2. The van der Waals surface area contributed by atoms with Gasteiger partial charge in [-0.25, -0.2) is 0 Å². The van der Waals surface area contributed by atoms with Crippen molar-refractivity contribution in [2.45, 2.75) is 40.3 Å². The van der Waals surface area contributed by atoms with Crippen molar-refractivity contribution in [1.29, 1.82) is 0 Å². The number of amides is 1. The van der Waals surface area contributed by atoms with E-state index in [-0.39, 0.29) is 12.5 Å². The quantitative estimate of drug-likeness (QED) is 0.754. The summed E-state index contributed by atoms with van der Waals surface area (Å²) in [6, 6.07) is 4.16. The fourth-order valence-electron chi connectivity index (χ4n) is 2.11. The Hall–Kier alpha value is -1.99. The van der Waals surface area contributed by atoms with E-state index in [0.717, 1.165) is 30.0 Å². The zero-order chi connectivity index (χ0) is 15.8. The summed E-state index contributed by atoms with van der Waals surface area (Å²) in [5, 5.41) is 5.92. The van der Waals surface area contributed by atoms with Crippen LogP contribution in [0.25, 0.3) is 0 Å². The first kappa shape index (κ1) is 17.1. The molecule has 0 spiro atoms. The lowest BCUT2D eigenvalue weighted by Crippen LogP contribution is -2.36. The van der Waals surface area contributed by atoms with Gasteiger partial charge >= 0.3 is 0 Å². The van der Waals surface area contributed by atoms with Crippen LogP contribution in [0.2, 0.25) is 0 Å². The summed E-state index contributed by atoms with van der Waals surface area (Å²) >= 11 is 0. The zero-order valence-corrected chi connectivity index (χ0v) is 13.2. The minimum absolute atomic E-state index is 0.205. The fourth-order valence-corrected chi connectivity index (χ4v) is 2.11. The van der Waals surface area contributed by atoms with Crippen molar-refractivity contribution in [2.24, 2.45) is 0 Å². The monoisotopic (exact) mass is 288 g/mol. The number of aryl methyl sites for hydroxylation is 2. The molecule has 0 aliphatic heterocycles. The van der Waals surface area contributed by atoms with Crippen molar-refractivity contribution in [2.75, 3.05) is 13.1 Å². The van der Waals surface area contributed by atoms with Crippen LogP contribution in [0.3, 0.4) is 0 Å². The van der Waals surface area contributed by atoms with Crippen LogP contribution in [0.15, 0.2) is 12.1 Å². The molecule has 0 aliphatic rings. The van der Waals surface area contributed by atoms with Crippen LogP contribution in [0, 0.1) is 26.2 Å². The molecule has 0 saturated carbocycles. The Morgan fingerprint density at radius 2 is 2.00 bits per heavy atom. The van der Waals surface area contributed by atoms with Gasteiger partial charge in [0.25, 0.3) is 5.91 Å². The maximum absolute atomic E-state index is 11.8. The summed E-state index contributed by atoms with van der Waals surface area (Å²) < 4.78 is 5.79. The fraction of sp³-hybridized carbons (Fsp3) is 0.471. The summed E-state index contributed by atoms with van der Waals surface area (Å²) in [5.41, 5.74) is 3.27. The highest BCUT2D eigenvalue weighted by Crippen LogP contribution is 2.26. The average molecular weight is 288 g/mol. The molecule has 0 fully saturated rings. The van der Waals surface area contributed by atoms with E-state index in [0.29, 0.717) is 0 Å². The average Bonchev–Trinajstić information content (AvgIpc) is 2.45. The Labute approximate surface area is 127 Å². The summed E-state index contributed by atoms with van der Waals surface area (Å²) in [7, 11) is 0. The van der Waals surface area contributed by atoms with E-state index < -0.39 is 6.10 Å². The number of carbonyl (C=O) groups excluding carboxylic acids is 1. The SMILES string of the molecule is C#CCNC(=O)C(C)Oc1c(C)cc(CNCC)cc1C. The molecule has 2 N–H and O–H groups in total. The summed E-state index contributed by atoms with van der Waals surface area (Å²) in [5.74, 6) is 2.93. The van der Waals surface area contributed by atoms with Gasteiger partial charge in [0.1, 0.15) is 5.75 Å². The Kier molecular flexibility index (Phi) is 6.77. The smallest absolute Gasteiger partial charge is 0.261 e. The molecule has 0 aromatic heterocycles. The molecule has 1 amide bonds. The third-order valence-electron chi connectivity index (χ3n) is 3.13. The third-order valence-corrected chi connectivity index (χ3v) is 3.13. The number of hydrogen-bond donors (Lipinski definition) is 2. The Morgan fingerprint density at radius 3 is 2.52 bits per heavy atom. The van der Waals surface area contributed by atoms with Crippen molar-refractivity contribution in [3.63, 3.8) is 0 Å². The van der Waals surface area contributed by atoms with Crippen LogP contribution in [-0.2, 0) is 11.3 Å². The molecule has 21 heavy (non-hydrogen) atoms. The highest BCUT2D eigenvalue weighted by molar-refractivity contribution is 5.81. The second-order valence-electron chi connectivity index (χ2n) is 5.02. The number of benzene rings is 1. The van der Waals surface area contributed by atoms with Gasteiger partial charge in [0.15, 0.2) is 6.10 Å². The van der Waals surface area contributed by atoms with Gasteiger partial charge in [-0.15, -0.1) is 6.42 Å². The molecule has 1 aromatic rings. The standard InChI is InChI=1S/C17H24N2O2/c1-6-8-19-17(20)14(5)21-16-12(3)9-15(10-13(16)4)11-18-7-2/h1,9-10,14,18H,7-8,11H2,2-5H3,(H,19,20). The van der Waals surface area contributed by atoms with Gasteiger partial charge in [-0.05, 0) is 44.0 Å². The van der Waals surface area contributed by atoms with Gasteiger partial charge in [-0.3, -0.25) is 4.79 Å². The molecular weight excluding hydrogens is 264 g/mol. The summed E-state index contributed by atoms with van der Waals surface area (Å²) in [6.45, 7) is 9.75. The van der Waals surface area contributed by atoms with Crippen LogP contribution >= 0.6 is 0 Å². The molecule has 0 saturated heterocycles. The van der Waals surface area contributed by atoms with E-state index in [1.165, 1.54) is 5.56 Å². The minimum atomic E-state index is -0.574. The second kappa shape index (κ2) is 8.33. The second-order valence-corrected chi connectivity index (χ2v) is 5.02. The lowest BCUT2D eigenvalue weighted by Gasteiger charge is -2.18. The molecule has 1 rings (SSSR count). The van der Waals surface area contributed by atoms with Gasteiger partial charge in [0.2, 0.25) is 0 Å². The van der Waals surface area contributed by atoms with Crippen molar-refractivity contribution in [3.8, 4) is 18.1 Å². The Morgan fingerprint density at radius 1 is 1.38 bits per heavy atom. The molecule has 0 heterocycles. The first-order valence-corrected chi connectivity index (χ1v) is 7.18. The number of ether oxygens (including phenoxy) is 1. The lowest BCUT2D eigenvalue weighted by atomic mass is 10.1. The molecule has 1 unspecified atom stereocenters. The van der Waals surface area contributed by atoms with Crippen LogP contribution in [-0.4, -0.2) is 25.1 Å². The predicted molar refractivity (Wildman–Crippen MR) is 85.2 cm³/mol. The number of rotatable bonds is 7. The molecule has 4 heteroatoms. The van der Waals surface area contributed by atoms with Crippen molar-refractivity contribution >= 4 is 5.91 Å². The Balaban J connectivity index is 2.79. The molecule has 1 atom stereocenters. The first-order valence-electron chi connectivity index (χ1n) is 7.18. The highest BCUT2D eigenvalue weighted by atomic mass is 16.5. The first-order chi connectivity index (χ1) is 9.99. The van der Waals surface area contributed by atoms with Gasteiger partial charge in [0, 0.05) is 6.54 Å². The van der Waals surface area contributed by atoms with Crippen LogP contribution in [0.1, 0.15) is 30.5 Å². The molecule has 4 nitrogen and oxygen atoms in total. The molecule has 0 aliphatic carbocycles. The van der Waals surface area contributed by atoms with Gasteiger partial charge in [-0.1, -0.05) is 25.0 Å². The third kappa shape index (κ3) is 5.13. The maximum Gasteiger partial charge on any atom is 0.261 e. The van der Waals surface area contributed by atoms with Crippen molar-refractivity contribution < 1.29 is 9.53 Å². The molecule has 0 radical (unpaired) electrons. The van der Waals surface area contributed by atoms with Gasteiger partial charge in [0.05, 0.1) is 6.54 Å². The van der Waals surface area contributed by atoms with E-state index >= 15 is 0 Å². The van der Waals surface area contributed by atoms with E-state index in [1.54, 1.807) is 6.92 Å². The predicted octanol–water partition coefficient (Wildman–Crippen LogP) is 1.93. The number of terminal acetylenes is 1. The van der Waals surface area contributed by atoms with E-state index in [1.807, 2.05) is 13.8 Å². The van der Waals surface area contributed by atoms with Gasteiger partial charge < -0.3 is 15.4 Å². The number of hydrogen-bond acceptors (Lipinski definition) is 3. The van der Waals surface area contributed by atoms with Crippen LogP contribution in [0.4, 0.5) is 0 Å².